The van der Waals surface area contributed by atoms with Crippen LogP contribution in [-0.4, -0.2) is 61.6 Å². The average molecular weight is 649 g/mol. The molecule has 3 aromatic rings. The van der Waals surface area contributed by atoms with Crippen LogP contribution in [0.25, 0.3) is 0 Å². The fourth-order valence-corrected chi connectivity index (χ4v) is 7.45. The average Bonchev–Trinajstić information content (AvgIpc) is 3.22. The number of nitrogens with one attached hydrogen (secondary N) is 2. The fourth-order valence-electron chi connectivity index (χ4n) is 5.43. The zero-order valence-corrected chi connectivity index (χ0v) is 25.7. The maximum Gasteiger partial charge on any atom is 0.514 e. The lowest BCUT2D eigenvalue weighted by Crippen LogP contribution is -2.80. The number of ether oxygens (including phenoxy) is 3. The Morgan fingerprint density at radius 2 is 1.52 bits per heavy atom. The summed E-state index contributed by atoms with van der Waals surface area (Å²) in [5.41, 5.74) is 5.78. The Labute approximate surface area is 267 Å². The molecule has 14 heteroatoms. The molecule has 0 saturated carbocycles. The Kier molecular flexibility index (Phi) is 9.32. The van der Waals surface area contributed by atoms with Crippen LogP contribution in [-0.2, 0) is 53.0 Å². The molecule has 2 fully saturated rings. The van der Waals surface area contributed by atoms with Crippen molar-refractivity contribution in [2.45, 2.75) is 54.9 Å². The first-order chi connectivity index (χ1) is 22.0. The molecule has 4 N–H and O–H groups in total. The summed E-state index contributed by atoms with van der Waals surface area (Å²) in [6.45, 7) is 2.76. The van der Waals surface area contributed by atoms with E-state index >= 15 is 0 Å². The molecule has 0 aliphatic carbocycles. The molecule has 0 radical (unpaired) electrons. The molecule has 2 aliphatic rings. The number of amides is 3. The summed E-state index contributed by atoms with van der Waals surface area (Å²) in [4.78, 5) is 65.2. The van der Waals surface area contributed by atoms with Gasteiger partial charge in [-0.3, -0.25) is 19.3 Å². The summed E-state index contributed by atoms with van der Waals surface area (Å²) in [6, 6.07) is 21.0. The zero-order valence-electron chi connectivity index (χ0n) is 24.9. The molecule has 240 valence electrons. The highest BCUT2D eigenvalue weighted by atomic mass is 32.2. The molecule has 46 heavy (non-hydrogen) atoms. The van der Waals surface area contributed by atoms with Gasteiger partial charge < -0.3 is 35.1 Å². The first-order valence-electron chi connectivity index (χ1n) is 14.2. The monoisotopic (exact) mass is 648 g/mol. The normalized spacial score (nSPS) is 23.3. The first kappa shape index (κ1) is 32.5. The van der Waals surface area contributed by atoms with Gasteiger partial charge in [-0.05, 0) is 53.8 Å². The van der Waals surface area contributed by atoms with Gasteiger partial charge in [0.25, 0.3) is 11.6 Å². The number of hydrogen-bond donors (Lipinski definition) is 3. The van der Waals surface area contributed by atoms with Crippen LogP contribution in [0, 0.1) is 0 Å². The Balaban J connectivity index is 1.34. The van der Waals surface area contributed by atoms with Gasteiger partial charge in [0, 0.05) is 0 Å². The second kappa shape index (κ2) is 13.2. The van der Waals surface area contributed by atoms with Crippen LogP contribution in [0.5, 0.6) is 5.75 Å². The van der Waals surface area contributed by atoms with Gasteiger partial charge in [0.2, 0.25) is 17.7 Å². The number of nitrogens with zero attached hydrogens (tertiary/aromatic N) is 1. The van der Waals surface area contributed by atoms with Gasteiger partial charge in [-0.15, -0.1) is 0 Å². The number of esters is 1. The van der Waals surface area contributed by atoms with Crippen LogP contribution >= 0.6 is 0 Å². The smallest absolute Gasteiger partial charge is 0.514 e. The molecule has 2 aliphatic heterocycles. The van der Waals surface area contributed by atoms with Crippen molar-refractivity contribution in [1.29, 1.82) is 0 Å². The maximum atomic E-state index is 13.9. The third kappa shape index (κ3) is 5.89. The van der Waals surface area contributed by atoms with Crippen LogP contribution < -0.4 is 21.1 Å². The highest BCUT2D eigenvalue weighted by Gasteiger charge is 2.82. The summed E-state index contributed by atoms with van der Waals surface area (Å²) < 4.78 is 28.0. The van der Waals surface area contributed by atoms with E-state index in [4.69, 9.17) is 19.9 Å². The molecular formula is C32H32N4O9S. The summed E-state index contributed by atoms with van der Waals surface area (Å²) in [5, 5.41) is 3.84. The number of carbonyl (C=O) groups excluding carboxylic acids is 5. The third-order valence-electron chi connectivity index (χ3n) is 7.98. The topological polar surface area (TPSA) is 189 Å². The van der Waals surface area contributed by atoms with Crippen LogP contribution in [0.4, 0.5) is 4.79 Å². The van der Waals surface area contributed by atoms with E-state index in [1.54, 1.807) is 42.5 Å². The molecule has 5 atom stereocenters. The van der Waals surface area contributed by atoms with Crippen molar-refractivity contribution < 1.29 is 42.7 Å². The second-order valence-electron chi connectivity index (χ2n) is 11.1. The number of benzene rings is 3. The Bertz CT molecular complexity index is 1610. The van der Waals surface area contributed by atoms with Crippen molar-refractivity contribution in [2.75, 3.05) is 0 Å². The predicted molar refractivity (Wildman–Crippen MR) is 164 cm³/mol. The van der Waals surface area contributed by atoms with Crippen molar-refractivity contribution in [2.24, 2.45) is 5.73 Å². The predicted octanol–water partition coefficient (Wildman–Crippen LogP) is 1.78. The maximum absolute atomic E-state index is 13.9. The molecule has 0 bridgehead atoms. The number of nitrogens with two attached hydrogens (primary N) is 1. The molecule has 0 aromatic heterocycles. The van der Waals surface area contributed by atoms with Crippen LogP contribution in [0.15, 0.2) is 84.9 Å². The van der Waals surface area contributed by atoms with Crippen LogP contribution in [0.1, 0.15) is 36.6 Å². The standard InChI is InChI=1S/C32H32N4O9S/c1-31(2)32(29(40)43-17-20-9-5-3-6-10-20,36-27(39)25(34-19-37)28(36)46(31)42)35-26(38)24(33)22-13-15-23(16-14-22)45-30(41)44-18-21-11-7-4-8-12-21/h3-16,19,24-25,28H,17-18,33H2,1-2H3,(H,34,37)(H,35,38)/t24?,25-,28-,32+,46?/m1/s1. The molecule has 13 nitrogen and oxygen atoms in total. The van der Waals surface area contributed by atoms with Gasteiger partial charge >= 0.3 is 12.1 Å². The van der Waals surface area contributed by atoms with E-state index in [1.165, 1.54) is 38.1 Å². The van der Waals surface area contributed by atoms with E-state index in [9.17, 15) is 28.5 Å². The highest BCUT2D eigenvalue weighted by Crippen LogP contribution is 2.52. The van der Waals surface area contributed by atoms with Gasteiger partial charge in [0.1, 0.15) is 25.0 Å². The lowest BCUT2D eigenvalue weighted by atomic mass is 9.87. The summed E-state index contributed by atoms with van der Waals surface area (Å²) in [5.74, 6) is -2.49. The third-order valence-corrected chi connectivity index (χ3v) is 10.2. The molecule has 5 rings (SSSR count). The summed E-state index contributed by atoms with van der Waals surface area (Å²) in [7, 11) is 0. The van der Waals surface area contributed by atoms with E-state index in [0.29, 0.717) is 12.0 Å². The van der Waals surface area contributed by atoms with Crippen molar-refractivity contribution in [1.82, 2.24) is 15.5 Å². The minimum absolute atomic E-state index is 0.0196. The van der Waals surface area contributed by atoms with E-state index < -0.39 is 63.0 Å². The quantitative estimate of drug-likeness (QED) is 0.0909. The van der Waals surface area contributed by atoms with Crippen molar-refractivity contribution in [3.05, 3.63) is 102 Å². The van der Waals surface area contributed by atoms with Crippen LogP contribution in [0.3, 0.4) is 0 Å². The molecule has 2 heterocycles. The molecule has 0 spiro atoms. The molecule has 3 amide bonds. The number of rotatable bonds is 11. The van der Waals surface area contributed by atoms with Gasteiger partial charge in [-0.2, -0.15) is 0 Å². The number of carbonyl (C=O) groups is 5. The minimum Gasteiger partial charge on any atom is -0.614 e. The molecule has 2 saturated heterocycles. The van der Waals surface area contributed by atoms with E-state index in [2.05, 4.69) is 10.6 Å². The second-order valence-corrected chi connectivity index (χ2v) is 13.2. The summed E-state index contributed by atoms with van der Waals surface area (Å²) >= 11 is -1.94. The van der Waals surface area contributed by atoms with E-state index in [-0.39, 0.29) is 24.5 Å². The Morgan fingerprint density at radius 1 is 0.957 bits per heavy atom. The number of fused-ring (bicyclic) bond motifs is 1. The fraction of sp³-hybridized carbons (Fsp3) is 0.281. The highest BCUT2D eigenvalue weighted by molar-refractivity contribution is 7.94. The first-order valence-corrected chi connectivity index (χ1v) is 15.4. The van der Waals surface area contributed by atoms with Gasteiger partial charge in [-0.25, -0.2) is 9.59 Å². The van der Waals surface area contributed by atoms with Crippen molar-refractivity contribution >= 4 is 41.5 Å². The Morgan fingerprint density at radius 3 is 2.09 bits per heavy atom. The van der Waals surface area contributed by atoms with Crippen molar-refractivity contribution in [3.8, 4) is 5.75 Å². The van der Waals surface area contributed by atoms with E-state index in [1.807, 2.05) is 18.2 Å². The zero-order chi connectivity index (χ0) is 33.1. The lowest BCUT2D eigenvalue weighted by Gasteiger charge is -2.46. The van der Waals surface area contributed by atoms with Crippen LogP contribution in [0.2, 0.25) is 0 Å². The molecule has 2 unspecified atom stereocenters. The number of β-lactam (4-membered cyclic amide) rings is 1. The lowest BCUT2D eigenvalue weighted by molar-refractivity contribution is -0.181. The molecule has 3 aromatic carbocycles. The Hall–Kier alpha value is -4.92. The van der Waals surface area contributed by atoms with Gasteiger partial charge in [-0.1, -0.05) is 72.8 Å². The number of hydrogen-bond acceptors (Lipinski definition) is 10. The molecular weight excluding hydrogens is 616 g/mol. The SMILES string of the molecule is CC1(C)[S+]([O-])[C@@H]2[C@H](NC=O)C(=O)N2[C@@]1(NC(=O)C(N)c1ccc(OC(=O)OCc2ccccc2)cc1)C(=O)OCc1ccccc1. The largest absolute Gasteiger partial charge is 0.614 e. The van der Waals surface area contributed by atoms with E-state index in [0.717, 1.165) is 10.5 Å². The van der Waals surface area contributed by atoms with Crippen molar-refractivity contribution in [3.63, 3.8) is 0 Å². The minimum atomic E-state index is -2.23. The van der Waals surface area contributed by atoms with Gasteiger partial charge in [0.15, 0.2) is 10.8 Å². The summed E-state index contributed by atoms with van der Waals surface area (Å²) in [6.07, 6.45) is -0.620. The van der Waals surface area contributed by atoms with Gasteiger partial charge in [0.05, 0.1) is 0 Å².